The Kier molecular flexibility index (Phi) is 3.85. The molecule has 1 N–H and O–H groups in total. The average molecular weight is 363 g/mol. The van der Waals surface area contributed by atoms with Crippen LogP contribution >= 0.6 is 27.3 Å². The predicted molar refractivity (Wildman–Crippen MR) is 86.1 cm³/mol. The largest absolute Gasteiger partial charge is 0.298 e. The smallest absolute Gasteiger partial charge is 0.260 e. The molecule has 5 nitrogen and oxygen atoms in total. The van der Waals surface area contributed by atoms with Crippen molar-refractivity contribution in [3.05, 3.63) is 57.8 Å². The van der Waals surface area contributed by atoms with E-state index in [-0.39, 0.29) is 5.91 Å². The highest BCUT2D eigenvalue weighted by Gasteiger charge is 2.16. The van der Waals surface area contributed by atoms with Crippen LogP contribution in [-0.2, 0) is 0 Å². The van der Waals surface area contributed by atoms with E-state index in [1.54, 1.807) is 17.1 Å². The summed E-state index contributed by atoms with van der Waals surface area (Å²) in [7, 11) is 0. The van der Waals surface area contributed by atoms with Crippen LogP contribution in [-0.4, -0.2) is 20.7 Å². The summed E-state index contributed by atoms with van der Waals surface area (Å²) in [4.78, 5) is 16.3. The summed E-state index contributed by atoms with van der Waals surface area (Å²) in [6.07, 6.45) is 3.22. The first-order valence-electron chi connectivity index (χ1n) is 6.16. The second kappa shape index (κ2) is 5.79. The molecule has 0 atom stereocenters. The number of nitrogens with zero attached hydrogens (tertiary/aromatic N) is 3. The zero-order valence-corrected chi connectivity index (χ0v) is 13.5. The highest BCUT2D eigenvalue weighted by molar-refractivity contribution is 9.10. The number of rotatable bonds is 3. The van der Waals surface area contributed by atoms with Gasteiger partial charge in [0.1, 0.15) is 0 Å². The zero-order chi connectivity index (χ0) is 14.8. The summed E-state index contributed by atoms with van der Waals surface area (Å²) in [5, 5.41) is 9.44. The van der Waals surface area contributed by atoms with Gasteiger partial charge < -0.3 is 0 Å². The Morgan fingerprint density at radius 1 is 1.33 bits per heavy atom. The number of carbonyl (C=O) groups excluding carboxylic acids is 1. The maximum Gasteiger partial charge on any atom is 0.260 e. The molecule has 0 unspecified atom stereocenters. The highest BCUT2D eigenvalue weighted by Crippen LogP contribution is 2.18. The first kappa shape index (κ1) is 14.0. The van der Waals surface area contributed by atoms with Gasteiger partial charge >= 0.3 is 0 Å². The maximum atomic E-state index is 12.2. The van der Waals surface area contributed by atoms with Gasteiger partial charge in [-0.1, -0.05) is 15.9 Å². The summed E-state index contributed by atoms with van der Waals surface area (Å²) in [5.74, 6) is -0.203. The number of hydrogen-bond acceptors (Lipinski definition) is 4. The topological polar surface area (TPSA) is 59.8 Å². The molecule has 2 heterocycles. The molecule has 0 fully saturated rings. The van der Waals surface area contributed by atoms with Crippen molar-refractivity contribution in [2.24, 2.45) is 0 Å². The van der Waals surface area contributed by atoms with Gasteiger partial charge in [0.15, 0.2) is 5.13 Å². The Bertz CT molecular complexity index is 765. The SMILES string of the molecule is Cc1c(C(=O)Nc2nccs2)cnn1-c1ccc(Br)cc1. The minimum absolute atomic E-state index is 0.203. The Hall–Kier alpha value is -1.99. The monoisotopic (exact) mass is 362 g/mol. The van der Waals surface area contributed by atoms with Gasteiger partial charge in [-0.2, -0.15) is 5.10 Å². The molecule has 3 aromatic rings. The number of amides is 1. The molecule has 0 aliphatic carbocycles. The van der Waals surface area contributed by atoms with E-state index in [0.29, 0.717) is 10.7 Å². The van der Waals surface area contributed by atoms with Crippen LogP contribution in [0, 0.1) is 6.92 Å². The molecule has 0 saturated heterocycles. The summed E-state index contributed by atoms with van der Waals surface area (Å²) in [5.41, 5.74) is 2.23. The van der Waals surface area contributed by atoms with E-state index >= 15 is 0 Å². The molecule has 1 amide bonds. The van der Waals surface area contributed by atoms with Gasteiger partial charge in [-0.05, 0) is 31.2 Å². The van der Waals surface area contributed by atoms with Crippen molar-refractivity contribution < 1.29 is 4.79 Å². The molecule has 0 bridgehead atoms. The molecule has 21 heavy (non-hydrogen) atoms. The highest BCUT2D eigenvalue weighted by atomic mass is 79.9. The summed E-state index contributed by atoms with van der Waals surface area (Å²) in [6, 6.07) is 7.75. The number of nitrogens with one attached hydrogen (secondary N) is 1. The minimum atomic E-state index is -0.203. The van der Waals surface area contributed by atoms with Crippen LogP contribution in [0.15, 0.2) is 46.5 Å². The van der Waals surface area contributed by atoms with Crippen LogP contribution in [0.1, 0.15) is 16.1 Å². The van der Waals surface area contributed by atoms with E-state index in [4.69, 9.17) is 0 Å². The van der Waals surface area contributed by atoms with E-state index in [9.17, 15) is 4.79 Å². The average Bonchev–Trinajstić information content (AvgIpc) is 3.09. The molecule has 106 valence electrons. The molecule has 7 heteroatoms. The van der Waals surface area contributed by atoms with Gasteiger partial charge in [0, 0.05) is 16.0 Å². The number of halogens is 1. The lowest BCUT2D eigenvalue weighted by atomic mass is 10.2. The van der Waals surface area contributed by atoms with Crippen molar-refractivity contribution in [2.75, 3.05) is 5.32 Å². The third kappa shape index (κ3) is 2.88. The lowest BCUT2D eigenvalue weighted by Crippen LogP contribution is -2.12. The van der Waals surface area contributed by atoms with Gasteiger partial charge in [-0.15, -0.1) is 11.3 Å². The number of carbonyl (C=O) groups is 1. The first-order valence-corrected chi connectivity index (χ1v) is 7.84. The lowest BCUT2D eigenvalue weighted by molar-refractivity contribution is 0.102. The second-order valence-corrected chi connectivity index (χ2v) is 6.13. The standard InChI is InChI=1S/C14H11BrN4OS/c1-9-12(13(20)18-14-16-6-7-21-14)8-17-19(9)11-4-2-10(15)3-5-11/h2-8H,1H3,(H,16,18,20). The molecule has 0 spiro atoms. The van der Waals surface area contributed by atoms with E-state index in [1.165, 1.54) is 11.3 Å². The fourth-order valence-electron chi connectivity index (χ4n) is 1.92. The Balaban J connectivity index is 1.88. The van der Waals surface area contributed by atoms with Gasteiger partial charge in [-0.25, -0.2) is 9.67 Å². The van der Waals surface area contributed by atoms with Crippen molar-refractivity contribution in [1.82, 2.24) is 14.8 Å². The van der Waals surface area contributed by atoms with E-state index in [2.05, 4.69) is 31.3 Å². The Morgan fingerprint density at radius 3 is 2.76 bits per heavy atom. The van der Waals surface area contributed by atoms with Crippen LogP contribution in [0.25, 0.3) is 5.69 Å². The number of hydrogen-bond donors (Lipinski definition) is 1. The van der Waals surface area contributed by atoms with Crippen LogP contribution in [0.5, 0.6) is 0 Å². The molecule has 3 rings (SSSR count). The molecular formula is C14H11BrN4OS. The third-order valence-corrected chi connectivity index (χ3v) is 4.20. The van der Waals surface area contributed by atoms with Crippen molar-refractivity contribution in [1.29, 1.82) is 0 Å². The van der Waals surface area contributed by atoms with Gasteiger partial charge in [0.25, 0.3) is 5.91 Å². The number of benzene rings is 1. The molecule has 0 aliphatic heterocycles. The second-order valence-electron chi connectivity index (χ2n) is 4.32. The number of aromatic nitrogens is 3. The van der Waals surface area contributed by atoms with Crippen LogP contribution in [0.3, 0.4) is 0 Å². The van der Waals surface area contributed by atoms with Crippen LogP contribution < -0.4 is 5.32 Å². The molecule has 0 aliphatic rings. The van der Waals surface area contributed by atoms with Gasteiger partial charge in [0.2, 0.25) is 0 Å². The van der Waals surface area contributed by atoms with Gasteiger partial charge in [-0.3, -0.25) is 10.1 Å². The molecular weight excluding hydrogens is 352 g/mol. The quantitative estimate of drug-likeness (QED) is 0.773. The third-order valence-electron chi connectivity index (χ3n) is 2.98. The van der Waals surface area contributed by atoms with E-state index in [1.807, 2.05) is 36.6 Å². The molecule has 0 radical (unpaired) electrons. The van der Waals surface area contributed by atoms with Crippen molar-refractivity contribution >= 4 is 38.3 Å². The molecule has 1 aromatic carbocycles. The summed E-state index contributed by atoms with van der Waals surface area (Å²) < 4.78 is 2.74. The lowest BCUT2D eigenvalue weighted by Gasteiger charge is -2.05. The van der Waals surface area contributed by atoms with Crippen molar-refractivity contribution in [3.8, 4) is 5.69 Å². The normalized spacial score (nSPS) is 10.6. The van der Waals surface area contributed by atoms with Crippen LogP contribution in [0.4, 0.5) is 5.13 Å². The number of anilines is 1. The zero-order valence-electron chi connectivity index (χ0n) is 11.1. The number of thiazole rings is 1. The van der Waals surface area contributed by atoms with Crippen molar-refractivity contribution in [3.63, 3.8) is 0 Å². The fourth-order valence-corrected chi connectivity index (χ4v) is 2.71. The summed E-state index contributed by atoms with van der Waals surface area (Å²) in [6.45, 7) is 1.87. The van der Waals surface area contributed by atoms with E-state index < -0.39 is 0 Å². The predicted octanol–water partition coefficient (Wildman–Crippen LogP) is 3.65. The molecule has 2 aromatic heterocycles. The Labute approximate surface area is 133 Å². The Morgan fingerprint density at radius 2 is 2.10 bits per heavy atom. The fraction of sp³-hybridized carbons (Fsp3) is 0.0714. The summed E-state index contributed by atoms with van der Waals surface area (Å²) >= 11 is 4.78. The maximum absolute atomic E-state index is 12.2. The minimum Gasteiger partial charge on any atom is -0.298 e. The molecule has 0 saturated carbocycles. The van der Waals surface area contributed by atoms with Crippen molar-refractivity contribution in [2.45, 2.75) is 6.92 Å². The first-order chi connectivity index (χ1) is 10.1. The van der Waals surface area contributed by atoms with Gasteiger partial charge in [0.05, 0.1) is 23.1 Å². The van der Waals surface area contributed by atoms with E-state index in [0.717, 1.165) is 15.9 Å². The van der Waals surface area contributed by atoms with Crippen LogP contribution in [0.2, 0.25) is 0 Å².